The minimum atomic E-state index is 0.209. The molecule has 1 aromatic rings. The standard InChI is InChI=1S/C22H36N4O3/c1-3-4-13-28-15-16-29-14-12-25-22(23-2)24-11-7-10-21(27)26-17-19-8-5-6-9-20(19)18-26/h5-6,8-9H,3-4,7,10-18H2,1-2H3,(H2,23,24,25). The summed E-state index contributed by atoms with van der Waals surface area (Å²) < 4.78 is 11.0. The molecule has 1 aliphatic rings. The van der Waals surface area contributed by atoms with Crippen molar-refractivity contribution in [3.05, 3.63) is 35.4 Å². The summed E-state index contributed by atoms with van der Waals surface area (Å²) in [4.78, 5) is 18.5. The van der Waals surface area contributed by atoms with Gasteiger partial charge in [0, 0.05) is 46.3 Å². The molecule has 0 saturated carbocycles. The molecule has 7 nitrogen and oxygen atoms in total. The fraction of sp³-hybridized carbons (Fsp3) is 0.636. The summed E-state index contributed by atoms with van der Waals surface area (Å²) in [6.07, 6.45) is 3.56. The fourth-order valence-electron chi connectivity index (χ4n) is 3.14. The molecular formula is C22H36N4O3. The Balaban J connectivity index is 1.48. The lowest BCUT2D eigenvalue weighted by atomic mass is 10.1. The number of nitrogens with one attached hydrogen (secondary N) is 2. The zero-order valence-electron chi connectivity index (χ0n) is 17.9. The van der Waals surface area contributed by atoms with Crippen LogP contribution >= 0.6 is 0 Å². The van der Waals surface area contributed by atoms with Crippen LogP contribution in [0.2, 0.25) is 0 Å². The number of benzene rings is 1. The van der Waals surface area contributed by atoms with Crippen molar-refractivity contribution in [2.75, 3.05) is 46.6 Å². The molecule has 29 heavy (non-hydrogen) atoms. The van der Waals surface area contributed by atoms with E-state index < -0.39 is 0 Å². The molecule has 7 heteroatoms. The SMILES string of the molecule is CCCCOCCOCCNC(=NC)NCCCC(=O)N1Cc2ccccc2C1. The highest BCUT2D eigenvalue weighted by Crippen LogP contribution is 2.22. The van der Waals surface area contributed by atoms with Gasteiger partial charge in [-0.15, -0.1) is 0 Å². The first-order valence-corrected chi connectivity index (χ1v) is 10.7. The maximum Gasteiger partial charge on any atom is 0.223 e. The first kappa shape index (κ1) is 23.2. The van der Waals surface area contributed by atoms with Crippen LogP contribution in [-0.4, -0.2) is 63.3 Å². The molecule has 2 N–H and O–H groups in total. The highest BCUT2D eigenvalue weighted by atomic mass is 16.5. The minimum Gasteiger partial charge on any atom is -0.379 e. The van der Waals surface area contributed by atoms with Crippen LogP contribution in [0.25, 0.3) is 0 Å². The van der Waals surface area contributed by atoms with E-state index in [1.807, 2.05) is 17.0 Å². The van der Waals surface area contributed by atoms with Crippen molar-refractivity contribution in [1.82, 2.24) is 15.5 Å². The third-order valence-corrected chi connectivity index (χ3v) is 4.83. The Bertz CT molecular complexity index is 611. The Morgan fingerprint density at radius 3 is 2.31 bits per heavy atom. The average molecular weight is 405 g/mol. The molecule has 1 aliphatic heterocycles. The number of fused-ring (bicyclic) bond motifs is 1. The van der Waals surface area contributed by atoms with E-state index in [0.29, 0.717) is 39.3 Å². The molecular weight excluding hydrogens is 368 g/mol. The van der Waals surface area contributed by atoms with Crippen LogP contribution in [0.15, 0.2) is 29.3 Å². The van der Waals surface area contributed by atoms with E-state index in [2.05, 4.69) is 34.7 Å². The molecule has 1 amide bonds. The first-order chi connectivity index (χ1) is 14.2. The van der Waals surface area contributed by atoms with Crippen molar-refractivity contribution in [2.24, 2.45) is 4.99 Å². The van der Waals surface area contributed by atoms with Gasteiger partial charge in [0.05, 0.1) is 19.8 Å². The predicted molar refractivity (Wildman–Crippen MR) is 116 cm³/mol. The van der Waals surface area contributed by atoms with Crippen molar-refractivity contribution in [1.29, 1.82) is 0 Å². The Labute approximate surface area is 174 Å². The molecule has 0 aromatic heterocycles. The Morgan fingerprint density at radius 2 is 1.66 bits per heavy atom. The summed E-state index contributed by atoms with van der Waals surface area (Å²) in [5, 5.41) is 6.46. The number of rotatable bonds is 13. The molecule has 0 atom stereocenters. The number of hydrogen-bond acceptors (Lipinski definition) is 4. The van der Waals surface area contributed by atoms with Gasteiger partial charge in [0.15, 0.2) is 5.96 Å². The first-order valence-electron chi connectivity index (χ1n) is 10.7. The fourth-order valence-corrected chi connectivity index (χ4v) is 3.14. The predicted octanol–water partition coefficient (Wildman–Crippen LogP) is 2.31. The van der Waals surface area contributed by atoms with Gasteiger partial charge < -0.3 is 25.0 Å². The average Bonchev–Trinajstić information content (AvgIpc) is 3.18. The second-order valence-corrected chi connectivity index (χ2v) is 7.13. The molecule has 0 fully saturated rings. The smallest absolute Gasteiger partial charge is 0.223 e. The number of unbranched alkanes of at least 4 members (excludes halogenated alkanes) is 1. The summed E-state index contributed by atoms with van der Waals surface area (Å²) >= 11 is 0. The third-order valence-electron chi connectivity index (χ3n) is 4.83. The van der Waals surface area contributed by atoms with E-state index in [1.54, 1.807) is 7.05 Å². The second kappa shape index (κ2) is 14.0. The van der Waals surface area contributed by atoms with Crippen LogP contribution in [0.3, 0.4) is 0 Å². The normalized spacial score (nSPS) is 13.4. The third kappa shape index (κ3) is 8.83. The molecule has 1 heterocycles. The molecule has 2 rings (SSSR count). The zero-order valence-corrected chi connectivity index (χ0v) is 17.9. The summed E-state index contributed by atoms with van der Waals surface area (Å²) in [5.41, 5.74) is 2.52. The van der Waals surface area contributed by atoms with E-state index in [-0.39, 0.29) is 5.91 Å². The summed E-state index contributed by atoms with van der Waals surface area (Å²) in [7, 11) is 1.74. The van der Waals surface area contributed by atoms with Gasteiger partial charge in [0.25, 0.3) is 0 Å². The largest absolute Gasteiger partial charge is 0.379 e. The quantitative estimate of drug-likeness (QED) is 0.300. The topological polar surface area (TPSA) is 75.2 Å². The molecule has 0 radical (unpaired) electrons. The van der Waals surface area contributed by atoms with Crippen molar-refractivity contribution in [2.45, 2.75) is 45.7 Å². The highest BCUT2D eigenvalue weighted by Gasteiger charge is 2.22. The van der Waals surface area contributed by atoms with Crippen molar-refractivity contribution >= 4 is 11.9 Å². The summed E-state index contributed by atoms with van der Waals surface area (Å²) in [6, 6.07) is 8.26. The van der Waals surface area contributed by atoms with Gasteiger partial charge in [-0.05, 0) is 24.0 Å². The number of carbonyl (C=O) groups is 1. The van der Waals surface area contributed by atoms with Crippen molar-refractivity contribution < 1.29 is 14.3 Å². The Hall–Kier alpha value is -2.12. The molecule has 1 aromatic carbocycles. The minimum absolute atomic E-state index is 0.209. The lowest BCUT2D eigenvalue weighted by molar-refractivity contribution is -0.131. The number of ether oxygens (including phenoxy) is 2. The van der Waals surface area contributed by atoms with Crippen LogP contribution in [0, 0.1) is 0 Å². The van der Waals surface area contributed by atoms with Crippen LogP contribution in [0.1, 0.15) is 43.7 Å². The number of guanidine groups is 1. The van der Waals surface area contributed by atoms with Crippen LogP contribution in [0.5, 0.6) is 0 Å². The van der Waals surface area contributed by atoms with E-state index in [9.17, 15) is 4.79 Å². The van der Waals surface area contributed by atoms with E-state index >= 15 is 0 Å². The molecule has 0 aliphatic carbocycles. The van der Waals surface area contributed by atoms with Crippen LogP contribution in [-0.2, 0) is 27.4 Å². The van der Waals surface area contributed by atoms with Gasteiger partial charge in [-0.2, -0.15) is 0 Å². The van der Waals surface area contributed by atoms with Crippen LogP contribution in [0.4, 0.5) is 0 Å². The molecule has 0 saturated heterocycles. The van der Waals surface area contributed by atoms with E-state index in [4.69, 9.17) is 9.47 Å². The van der Waals surface area contributed by atoms with Crippen molar-refractivity contribution in [3.63, 3.8) is 0 Å². The molecule has 0 unspecified atom stereocenters. The van der Waals surface area contributed by atoms with Gasteiger partial charge in [0.2, 0.25) is 5.91 Å². The molecule has 0 spiro atoms. The maximum absolute atomic E-state index is 12.4. The van der Waals surface area contributed by atoms with Gasteiger partial charge in [-0.1, -0.05) is 37.6 Å². The van der Waals surface area contributed by atoms with Crippen LogP contribution < -0.4 is 10.6 Å². The maximum atomic E-state index is 12.4. The summed E-state index contributed by atoms with van der Waals surface area (Å²) in [5.74, 6) is 0.939. The van der Waals surface area contributed by atoms with Crippen molar-refractivity contribution in [3.8, 4) is 0 Å². The van der Waals surface area contributed by atoms with E-state index in [1.165, 1.54) is 11.1 Å². The van der Waals surface area contributed by atoms with Gasteiger partial charge >= 0.3 is 0 Å². The lowest BCUT2D eigenvalue weighted by Crippen LogP contribution is -2.39. The molecule has 162 valence electrons. The lowest BCUT2D eigenvalue weighted by Gasteiger charge is -2.16. The number of carbonyl (C=O) groups excluding carboxylic acids is 1. The number of aliphatic imine (C=N–C) groups is 1. The number of hydrogen-bond donors (Lipinski definition) is 2. The van der Waals surface area contributed by atoms with Gasteiger partial charge in [-0.25, -0.2) is 0 Å². The highest BCUT2D eigenvalue weighted by molar-refractivity contribution is 5.80. The second-order valence-electron chi connectivity index (χ2n) is 7.13. The van der Waals surface area contributed by atoms with Gasteiger partial charge in [-0.3, -0.25) is 9.79 Å². The zero-order chi connectivity index (χ0) is 20.7. The Morgan fingerprint density at radius 1 is 1.00 bits per heavy atom. The Kier molecular flexibility index (Phi) is 11.1. The van der Waals surface area contributed by atoms with Gasteiger partial charge in [0.1, 0.15) is 0 Å². The van der Waals surface area contributed by atoms with E-state index in [0.717, 1.165) is 44.9 Å². The monoisotopic (exact) mass is 404 g/mol. The summed E-state index contributed by atoms with van der Waals surface area (Å²) in [6.45, 7) is 7.66. The number of nitrogens with zero attached hydrogens (tertiary/aromatic N) is 2. The molecule has 0 bridgehead atoms. The number of amides is 1.